The summed E-state index contributed by atoms with van der Waals surface area (Å²) in [6.07, 6.45) is 0. The van der Waals surface area contributed by atoms with Crippen LogP contribution in [0.5, 0.6) is 11.5 Å². The number of esters is 1. The molecule has 150 valence electrons. The van der Waals surface area contributed by atoms with Crippen LogP contribution in [0.15, 0.2) is 60.3 Å². The summed E-state index contributed by atoms with van der Waals surface area (Å²) >= 11 is 3.37. The summed E-state index contributed by atoms with van der Waals surface area (Å²) in [4.78, 5) is 24.1. The minimum absolute atomic E-state index is 0.142. The molecule has 0 aliphatic heterocycles. The summed E-state index contributed by atoms with van der Waals surface area (Å²) in [5.41, 5.74) is 0.156. The highest BCUT2D eigenvalue weighted by Gasteiger charge is 2.17. The third kappa shape index (κ3) is 4.45. The number of fused-ring (bicyclic) bond motifs is 1. The third-order valence-corrected chi connectivity index (χ3v) is 4.41. The first-order chi connectivity index (χ1) is 14.0. The van der Waals surface area contributed by atoms with Gasteiger partial charge in [0.1, 0.15) is 17.0 Å². The van der Waals surface area contributed by atoms with Crippen molar-refractivity contribution in [1.29, 1.82) is 0 Å². The maximum atomic E-state index is 12.1. The zero-order chi connectivity index (χ0) is 21.0. The first-order valence-electron chi connectivity index (χ1n) is 8.55. The number of ether oxygens (including phenoxy) is 3. The van der Waals surface area contributed by atoms with Crippen LogP contribution in [0.3, 0.4) is 0 Å². The molecule has 0 bridgehead atoms. The fourth-order valence-electron chi connectivity index (χ4n) is 2.59. The van der Waals surface area contributed by atoms with E-state index in [1.165, 1.54) is 13.2 Å². The predicted octanol–water partition coefficient (Wildman–Crippen LogP) is 5.16. The van der Waals surface area contributed by atoms with Gasteiger partial charge >= 0.3 is 11.6 Å². The number of halogens is 1. The zero-order valence-electron chi connectivity index (χ0n) is 15.9. The van der Waals surface area contributed by atoms with Gasteiger partial charge < -0.3 is 18.6 Å². The van der Waals surface area contributed by atoms with E-state index in [0.717, 1.165) is 4.47 Å². The molecule has 0 N–H and O–H groups in total. The highest BCUT2D eigenvalue weighted by molar-refractivity contribution is 9.10. The molecule has 0 atom stereocenters. The second-order valence-electron chi connectivity index (χ2n) is 5.75. The van der Waals surface area contributed by atoms with E-state index in [1.54, 1.807) is 38.3 Å². The summed E-state index contributed by atoms with van der Waals surface area (Å²) in [5, 5.41) is 8.88. The molecule has 3 rings (SSSR count). The number of hydrogen-bond donors (Lipinski definition) is 0. The van der Waals surface area contributed by atoms with Crippen LogP contribution < -0.4 is 15.1 Å². The third-order valence-electron chi connectivity index (χ3n) is 3.91. The van der Waals surface area contributed by atoms with Gasteiger partial charge in [-0.1, -0.05) is 15.9 Å². The van der Waals surface area contributed by atoms with Crippen LogP contribution in [0.1, 0.15) is 17.3 Å². The molecule has 8 nitrogen and oxygen atoms in total. The van der Waals surface area contributed by atoms with Crippen molar-refractivity contribution in [1.82, 2.24) is 0 Å². The van der Waals surface area contributed by atoms with Gasteiger partial charge in [0.15, 0.2) is 11.3 Å². The van der Waals surface area contributed by atoms with Crippen molar-refractivity contribution in [2.24, 2.45) is 10.2 Å². The van der Waals surface area contributed by atoms with Gasteiger partial charge in [-0.05, 0) is 37.3 Å². The van der Waals surface area contributed by atoms with Crippen molar-refractivity contribution in [2.75, 3.05) is 20.8 Å². The van der Waals surface area contributed by atoms with E-state index in [1.807, 2.05) is 6.07 Å². The Bertz CT molecular complexity index is 1160. The van der Waals surface area contributed by atoms with Crippen LogP contribution in [0.25, 0.3) is 11.0 Å². The molecule has 0 radical (unpaired) electrons. The molecule has 3 aromatic rings. The molecule has 0 amide bonds. The average molecular weight is 461 g/mol. The lowest BCUT2D eigenvalue weighted by molar-refractivity contribution is 0.0521. The Balaban J connectivity index is 2.08. The smallest absolute Gasteiger partial charge is 0.351 e. The van der Waals surface area contributed by atoms with Gasteiger partial charge in [0.25, 0.3) is 0 Å². The molecule has 29 heavy (non-hydrogen) atoms. The fourth-order valence-corrected chi connectivity index (χ4v) is 2.93. The second-order valence-corrected chi connectivity index (χ2v) is 6.67. The Morgan fingerprint density at radius 3 is 2.52 bits per heavy atom. The number of methoxy groups -OCH3 is 2. The van der Waals surface area contributed by atoms with Gasteiger partial charge in [0.2, 0.25) is 0 Å². The molecule has 0 saturated carbocycles. The lowest BCUT2D eigenvalue weighted by Crippen LogP contribution is -2.16. The van der Waals surface area contributed by atoms with E-state index in [0.29, 0.717) is 22.5 Å². The zero-order valence-corrected chi connectivity index (χ0v) is 17.5. The summed E-state index contributed by atoms with van der Waals surface area (Å²) in [6.45, 7) is 1.79. The largest absolute Gasteiger partial charge is 0.494 e. The molecular formula is C20H17BrN2O6. The van der Waals surface area contributed by atoms with Gasteiger partial charge in [0, 0.05) is 15.9 Å². The first-order valence-corrected chi connectivity index (χ1v) is 9.34. The molecule has 1 aromatic heterocycles. The fraction of sp³-hybridized carbons (Fsp3) is 0.200. The average Bonchev–Trinajstić information content (AvgIpc) is 2.72. The number of carbonyl (C=O) groups excluding carboxylic acids is 1. The predicted molar refractivity (Wildman–Crippen MR) is 110 cm³/mol. The number of benzene rings is 2. The molecule has 0 fully saturated rings. The Morgan fingerprint density at radius 2 is 1.83 bits per heavy atom. The summed E-state index contributed by atoms with van der Waals surface area (Å²) < 4.78 is 21.6. The van der Waals surface area contributed by atoms with E-state index >= 15 is 0 Å². The van der Waals surface area contributed by atoms with Crippen LogP contribution in [0.2, 0.25) is 0 Å². The van der Waals surface area contributed by atoms with Crippen LogP contribution in [-0.2, 0) is 4.74 Å². The Morgan fingerprint density at radius 1 is 1.07 bits per heavy atom. The molecule has 0 spiro atoms. The van der Waals surface area contributed by atoms with Gasteiger partial charge in [-0.15, -0.1) is 5.11 Å². The second kappa shape index (κ2) is 8.87. The summed E-state index contributed by atoms with van der Waals surface area (Å²) in [5.74, 6) is 0.0759. The SMILES string of the molecule is CCOC(=O)c1cc2cc(/N=N/c3ccc(Br)cc3OC)cc(OC)c2oc1=O. The highest BCUT2D eigenvalue weighted by Crippen LogP contribution is 2.34. The van der Waals surface area contributed by atoms with Crippen molar-refractivity contribution in [3.8, 4) is 11.5 Å². The van der Waals surface area contributed by atoms with Gasteiger partial charge in [-0.3, -0.25) is 0 Å². The Labute approximate surface area is 174 Å². The monoisotopic (exact) mass is 460 g/mol. The summed E-state index contributed by atoms with van der Waals surface area (Å²) in [6, 6.07) is 9.93. The molecule has 0 unspecified atom stereocenters. The normalized spacial score (nSPS) is 11.0. The van der Waals surface area contributed by atoms with Crippen molar-refractivity contribution < 1.29 is 23.4 Å². The van der Waals surface area contributed by atoms with Crippen LogP contribution in [0.4, 0.5) is 11.4 Å². The highest BCUT2D eigenvalue weighted by atomic mass is 79.9. The van der Waals surface area contributed by atoms with E-state index in [2.05, 4.69) is 26.2 Å². The van der Waals surface area contributed by atoms with Gasteiger partial charge in [-0.2, -0.15) is 5.11 Å². The van der Waals surface area contributed by atoms with Crippen molar-refractivity contribution in [2.45, 2.75) is 6.92 Å². The maximum Gasteiger partial charge on any atom is 0.351 e. The van der Waals surface area contributed by atoms with Gasteiger partial charge in [0.05, 0.1) is 26.5 Å². The lowest BCUT2D eigenvalue weighted by atomic mass is 10.1. The number of hydrogen-bond acceptors (Lipinski definition) is 8. The van der Waals surface area contributed by atoms with Crippen molar-refractivity contribution in [3.63, 3.8) is 0 Å². The number of nitrogens with zero attached hydrogens (tertiary/aromatic N) is 2. The topological polar surface area (TPSA) is 99.7 Å². The molecule has 0 aliphatic rings. The quantitative estimate of drug-likeness (QED) is 0.286. The van der Waals surface area contributed by atoms with Gasteiger partial charge in [-0.25, -0.2) is 9.59 Å². The number of rotatable bonds is 6. The molecule has 2 aromatic carbocycles. The van der Waals surface area contributed by atoms with Crippen molar-refractivity contribution in [3.05, 3.63) is 56.9 Å². The van der Waals surface area contributed by atoms with Crippen LogP contribution in [0, 0.1) is 0 Å². The standard InChI is InChI=1S/C20H17BrN2O6/c1-4-28-19(24)14-8-11-7-13(10-17(27-3)18(11)29-20(14)25)22-23-15-6-5-12(21)9-16(15)26-2/h5-10H,4H2,1-3H3/b23-22+. The first kappa shape index (κ1) is 20.5. The molecule has 9 heteroatoms. The van der Waals surface area contributed by atoms with Crippen molar-refractivity contribution >= 4 is 44.2 Å². The Kier molecular flexibility index (Phi) is 6.28. The van der Waals surface area contributed by atoms with E-state index in [4.69, 9.17) is 18.6 Å². The van der Waals surface area contributed by atoms with E-state index < -0.39 is 11.6 Å². The molecule has 0 saturated heterocycles. The molecular weight excluding hydrogens is 444 g/mol. The summed E-state index contributed by atoms with van der Waals surface area (Å²) in [7, 11) is 2.98. The van der Waals surface area contributed by atoms with E-state index in [-0.39, 0.29) is 23.5 Å². The minimum Gasteiger partial charge on any atom is -0.494 e. The van der Waals surface area contributed by atoms with Crippen LogP contribution >= 0.6 is 15.9 Å². The minimum atomic E-state index is -0.803. The molecule has 1 heterocycles. The number of carbonyl (C=O) groups is 1. The number of azo groups is 1. The Hall–Kier alpha value is -3.20. The molecule has 0 aliphatic carbocycles. The van der Waals surface area contributed by atoms with E-state index in [9.17, 15) is 9.59 Å². The van der Waals surface area contributed by atoms with Crippen LogP contribution in [-0.4, -0.2) is 26.8 Å². The maximum absolute atomic E-state index is 12.1. The lowest BCUT2D eigenvalue weighted by Gasteiger charge is -2.07.